The zero-order valence-electron chi connectivity index (χ0n) is 7.10. The second kappa shape index (κ2) is 5.19. The number of hydrogen-bond donors (Lipinski definition) is 0. The Balaban J connectivity index is 2.52. The molecule has 0 saturated carbocycles. The van der Waals surface area contributed by atoms with Gasteiger partial charge in [-0.3, -0.25) is 0 Å². The van der Waals surface area contributed by atoms with Crippen LogP contribution in [0, 0.1) is 0 Å². The molecule has 0 atom stereocenters. The van der Waals surface area contributed by atoms with Crippen molar-refractivity contribution in [3.05, 3.63) is 54.3 Å². The molecule has 0 aliphatic carbocycles. The van der Waals surface area contributed by atoms with Gasteiger partial charge in [-0.25, -0.2) is 0 Å². The highest BCUT2D eigenvalue weighted by atomic mass is 16.5. The smallest absolute Gasteiger partial charge is 0.0824 e. The van der Waals surface area contributed by atoms with Crippen molar-refractivity contribution in [3.63, 3.8) is 0 Å². The number of allylic oxidation sites excluding steroid dienone is 2. The molecule has 12 heavy (non-hydrogen) atoms. The van der Waals surface area contributed by atoms with Crippen LogP contribution in [0.4, 0.5) is 0 Å². The summed E-state index contributed by atoms with van der Waals surface area (Å²) >= 11 is 0. The van der Waals surface area contributed by atoms with Crippen LogP contribution in [0.5, 0.6) is 0 Å². The van der Waals surface area contributed by atoms with E-state index in [-0.39, 0.29) is 0 Å². The Morgan fingerprint density at radius 3 is 2.50 bits per heavy atom. The molecule has 0 heterocycles. The summed E-state index contributed by atoms with van der Waals surface area (Å²) in [5, 5.41) is 0. The van der Waals surface area contributed by atoms with Crippen molar-refractivity contribution in [3.8, 4) is 0 Å². The minimum atomic E-state index is 1.19. The topological polar surface area (TPSA) is 9.23 Å². The van der Waals surface area contributed by atoms with Crippen molar-refractivity contribution in [1.29, 1.82) is 0 Å². The van der Waals surface area contributed by atoms with E-state index in [4.69, 9.17) is 4.74 Å². The van der Waals surface area contributed by atoms with E-state index in [9.17, 15) is 0 Å². The van der Waals surface area contributed by atoms with E-state index in [1.54, 1.807) is 13.4 Å². The van der Waals surface area contributed by atoms with Crippen LogP contribution in [-0.4, -0.2) is 7.11 Å². The fourth-order valence-corrected chi connectivity index (χ4v) is 0.855. The van der Waals surface area contributed by atoms with Gasteiger partial charge in [0.15, 0.2) is 0 Å². The van der Waals surface area contributed by atoms with Gasteiger partial charge in [0.1, 0.15) is 0 Å². The predicted molar refractivity (Wildman–Crippen MR) is 51.6 cm³/mol. The van der Waals surface area contributed by atoms with Crippen LogP contribution >= 0.6 is 0 Å². The summed E-state index contributed by atoms with van der Waals surface area (Å²) in [5.74, 6) is 0. The van der Waals surface area contributed by atoms with Crippen LogP contribution in [0.2, 0.25) is 0 Å². The van der Waals surface area contributed by atoms with Gasteiger partial charge < -0.3 is 4.74 Å². The third kappa shape index (κ3) is 3.06. The van der Waals surface area contributed by atoms with Crippen molar-refractivity contribution >= 4 is 6.08 Å². The van der Waals surface area contributed by atoms with E-state index in [0.29, 0.717) is 0 Å². The fourth-order valence-electron chi connectivity index (χ4n) is 0.855. The molecule has 1 heteroatoms. The number of benzene rings is 1. The quantitative estimate of drug-likeness (QED) is 0.488. The summed E-state index contributed by atoms with van der Waals surface area (Å²) in [4.78, 5) is 0. The van der Waals surface area contributed by atoms with Gasteiger partial charge in [0.25, 0.3) is 0 Å². The van der Waals surface area contributed by atoms with E-state index in [2.05, 4.69) is 12.1 Å². The molecule has 0 unspecified atom stereocenters. The highest BCUT2D eigenvalue weighted by Gasteiger charge is 1.78. The third-order valence-corrected chi connectivity index (χ3v) is 1.41. The first-order chi connectivity index (χ1) is 5.93. The first kappa shape index (κ1) is 8.60. The van der Waals surface area contributed by atoms with Gasteiger partial charge in [-0.2, -0.15) is 0 Å². The molecule has 0 aliphatic heterocycles. The molecule has 0 radical (unpaired) electrons. The summed E-state index contributed by atoms with van der Waals surface area (Å²) in [5.41, 5.74) is 1.19. The molecule has 1 rings (SSSR count). The van der Waals surface area contributed by atoms with Gasteiger partial charge >= 0.3 is 0 Å². The molecule has 1 aromatic carbocycles. The van der Waals surface area contributed by atoms with Crippen molar-refractivity contribution in [2.75, 3.05) is 7.11 Å². The Kier molecular flexibility index (Phi) is 3.72. The van der Waals surface area contributed by atoms with Crippen LogP contribution in [0.3, 0.4) is 0 Å². The molecule has 1 nitrogen and oxygen atoms in total. The lowest BCUT2D eigenvalue weighted by Crippen LogP contribution is -1.67. The lowest BCUT2D eigenvalue weighted by molar-refractivity contribution is 0.338. The molecular formula is C11H12O. The Labute approximate surface area is 73.0 Å². The molecule has 1 aromatic rings. The van der Waals surface area contributed by atoms with Crippen LogP contribution in [0.25, 0.3) is 6.08 Å². The zero-order chi connectivity index (χ0) is 8.65. The maximum atomic E-state index is 4.75. The van der Waals surface area contributed by atoms with Gasteiger partial charge in [-0.05, 0) is 11.6 Å². The van der Waals surface area contributed by atoms with E-state index in [0.717, 1.165) is 0 Å². The molecule has 0 fully saturated rings. The first-order valence-electron chi connectivity index (χ1n) is 3.84. The lowest BCUT2D eigenvalue weighted by Gasteiger charge is -1.88. The van der Waals surface area contributed by atoms with E-state index in [1.165, 1.54) is 5.56 Å². The second-order valence-corrected chi connectivity index (χ2v) is 2.33. The van der Waals surface area contributed by atoms with Crippen molar-refractivity contribution in [2.24, 2.45) is 0 Å². The largest absolute Gasteiger partial charge is 0.504 e. The van der Waals surface area contributed by atoms with Gasteiger partial charge in [0.05, 0.1) is 13.4 Å². The maximum absolute atomic E-state index is 4.75. The van der Waals surface area contributed by atoms with Gasteiger partial charge in [0, 0.05) is 0 Å². The van der Waals surface area contributed by atoms with Crippen LogP contribution in [0.15, 0.2) is 48.7 Å². The van der Waals surface area contributed by atoms with Gasteiger partial charge in [-0.15, -0.1) is 0 Å². The van der Waals surface area contributed by atoms with Crippen LogP contribution in [-0.2, 0) is 4.74 Å². The number of rotatable bonds is 3. The molecule has 0 saturated heterocycles. The Morgan fingerprint density at radius 1 is 1.08 bits per heavy atom. The van der Waals surface area contributed by atoms with E-state index >= 15 is 0 Å². The number of methoxy groups -OCH3 is 1. The standard InChI is InChI=1S/C11H12O/c1-12-10-6-5-9-11-7-3-2-4-8-11/h2-10H,1H3/b9-5+,10-6+. The summed E-state index contributed by atoms with van der Waals surface area (Å²) < 4.78 is 4.75. The normalized spacial score (nSPS) is 11.1. The van der Waals surface area contributed by atoms with Gasteiger partial charge in [0.2, 0.25) is 0 Å². The minimum absolute atomic E-state index is 1.19. The van der Waals surface area contributed by atoms with E-state index in [1.807, 2.05) is 36.4 Å². The fraction of sp³-hybridized carbons (Fsp3) is 0.0909. The number of ether oxygens (including phenoxy) is 1. The van der Waals surface area contributed by atoms with Crippen molar-refractivity contribution in [2.45, 2.75) is 0 Å². The van der Waals surface area contributed by atoms with Crippen LogP contribution < -0.4 is 0 Å². The summed E-state index contributed by atoms with van der Waals surface area (Å²) in [6.45, 7) is 0. The van der Waals surface area contributed by atoms with Crippen LogP contribution in [0.1, 0.15) is 5.56 Å². The Hall–Kier alpha value is -1.50. The molecule has 0 aromatic heterocycles. The first-order valence-corrected chi connectivity index (χ1v) is 3.84. The minimum Gasteiger partial charge on any atom is -0.504 e. The summed E-state index contributed by atoms with van der Waals surface area (Å²) in [6, 6.07) is 10.1. The van der Waals surface area contributed by atoms with Crippen molar-refractivity contribution < 1.29 is 4.74 Å². The van der Waals surface area contributed by atoms with Gasteiger partial charge in [-0.1, -0.05) is 42.5 Å². The Bertz CT molecular complexity index is 260. The lowest BCUT2D eigenvalue weighted by atomic mass is 10.2. The summed E-state index contributed by atoms with van der Waals surface area (Å²) in [7, 11) is 1.63. The maximum Gasteiger partial charge on any atom is 0.0824 e. The Morgan fingerprint density at radius 2 is 1.83 bits per heavy atom. The molecule has 0 bridgehead atoms. The average molecular weight is 160 g/mol. The SMILES string of the molecule is CO/C=C/C=C/c1ccccc1. The molecule has 0 aliphatic rings. The highest BCUT2D eigenvalue weighted by molar-refractivity contribution is 5.50. The molecule has 0 amide bonds. The molecular weight excluding hydrogens is 148 g/mol. The zero-order valence-corrected chi connectivity index (χ0v) is 7.10. The predicted octanol–water partition coefficient (Wildman–Crippen LogP) is 2.86. The second-order valence-electron chi connectivity index (χ2n) is 2.33. The van der Waals surface area contributed by atoms with Crippen molar-refractivity contribution in [1.82, 2.24) is 0 Å². The molecule has 0 N–H and O–H groups in total. The number of hydrogen-bond acceptors (Lipinski definition) is 1. The average Bonchev–Trinajstić information content (AvgIpc) is 2.14. The summed E-state index contributed by atoms with van der Waals surface area (Å²) in [6.07, 6.45) is 7.46. The third-order valence-electron chi connectivity index (χ3n) is 1.41. The highest BCUT2D eigenvalue weighted by Crippen LogP contribution is 2.00. The van der Waals surface area contributed by atoms with E-state index < -0.39 is 0 Å². The monoisotopic (exact) mass is 160 g/mol. The molecule has 0 spiro atoms. The molecule has 62 valence electrons.